The summed E-state index contributed by atoms with van der Waals surface area (Å²) in [6, 6.07) is 6.96. The average Bonchev–Trinajstić information content (AvgIpc) is 2.53. The summed E-state index contributed by atoms with van der Waals surface area (Å²) < 4.78 is 5.22. The molecule has 0 bridgehead atoms. The van der Waals surface area contributed by atoms with Crippen LogP contribution >= 0.6 is 11.6 Å². The average molecular weight is 304 g/mol. The Morgan fingerprint density at radius 3 is 3.05 bits per heavy atom. The lowest BCUT2D eigenvalue weighted by molar-refractivity contribution is 0.00347. The lowest BCUT2D eigenvalue weighted by atomic mass is 10.1. The van der Waals surface area contributed by atoms with E-state index in [4.69, 9.17) is 27.3 Å². The SMILES string of the molecule is N#CC1CN(C(=O)c2ccc(C#CCN)c(Cl)c2)CCO1. The van der Waals surface area contributed by atoms with Crippen molar-refractivity contribution in [3.05, 3.63) is 34.3 Å². The van der Waals surface area contributed by atoms with Crippen molar-refractivity contribution >= 4 is 17.5 Å². The van der Waals surface area contributed by atoms with Crippen LogP contribution in [-0.2, 0) is 4.74 Å². The maximum Gasteiger partial charge on any atom is 0.254 e. The highest BCUT2D eigenvalue weighted by atomic mass is 35.5. The van der Waals surface area contributed by atoms with Crippen molar-refractivity contribution in [1.29, 1.82) is 5.26 Å². The molecule has 0 radical (unpaired) electrons. The molecular formula is C15H14ClN3O2. The fraction of sp³-hybridized carbons (Fsp3) is 0.333. The first-order valence-corrected chi connectivity index (χ1v) is 6.82. The lowest BCUT2D eigenvalue weighted by Crippen LogP contribution is -2.45. The molecule has 1 aromatic rings. The number of halogens is 1. The second-order valence-electron chi connectivity index (χ2n) is 4.44. The summed E-state index contributed by atoms with van der Waals surface area (Å²) in [5.74, 6) is 5.39. The molecule has 2 N–H and O–H groups in total. The van der Waals surface area contributed by atoms with Crippen LogP contribution in [0.1, 0.15) is 15.9 Å². The van der Waals surface area contributed by atoms with Crippen LogP contribution in [0.2, 0.25) is 5.02 Å². The van der Waals surface area contributed by atoms with Gasteiger partial charge in [-0.15, -0.1) is 0 Å². The van der Waals surface area contributed by atoms with Gasteiger partial charge in [-0.25, -0.2) is 0 Å². The minimum Gasteiger partial charge on any atom is -0.360 e. The third-order valence-corrected chi connectivity index (χ3v) is 3.35. The predicted octanol–water partition coefficient (Wildman–Crippen LogP) is 1.01. The van der Waals surface area contributed by atoms with Crippen molar-refractivity contribution in [2.75, 3.05) is 26.2 Å². The van der Waals surface area contributed by atoms with Crippen LogP contribution in [0.25, 0.3) is 0 Å². The number of morpholine rings is 1. The highest BCUT2D eigenvalue weighted by Gasteiger charge is 2.25. The summed E-state index contributed by atoms with van der Waals surface area (Å²) in [4.78, 5) is 14.0. The largest absolute Gasteiger partial charge is 0.360 e. The Balaban J connectivity index is 2.16. The van der Waals surface area contributed by atoms with Gasteiger partial charge in [-0.3, -0.25) is 4.79 Å². The van der Waals surface area contributed by atoms with Gasteiger partial charge in [0.2, 0.25) is 0 Å². The van der Waals surface area contributed by atoms with Crippen LogP contribution in [0.3, 0.4) is 0 Å². The summed E-state index contributed by atoms with van der Waals surface area (Å²) >= 11 is 6.11. The molecule has 21 heavy (non-hydrogen) atoms. The van der Waals surface area contributed by atoms with Gasteiger partial charge in [0.05, 0.1) is 30.8 Å². The first kappa shape index (κ1) is 15.3. The number of hydrogen-bond acceptors (Lipinski definition) is 4. The molecule has 108 valence electrons. The van der Waals surface area contributed by atoms with E-state index in [9.17, 15) is 4.79 Å². The Kier molecular flexibility index (Phi) is 5.19. The third-order valence-electron chi connectivity index (χ3n) is 3.04. The summed E-state index contributed by atoms with van der Waals surface area (Å²) in [6.45, 7) is 1.34. The number of rotatable bonds is 1. The molecule has 1 fully saturated rings. The first-order chi connectivity index (χ1) is 10.2. The smallest absolute Gasteiger partial charge is 0.254 e. The number of nitrogens with two attached hydrogens (primary N) is 1. The van der Waals surface area contributed by atoms with Gasteiger partial charge in [0, 0.05) is 17.7 Å². The van der Waals surface area contributed by atoms with Crippen LogP contribution in [0.15, 0.2) is 18.2 Å². The van der Waals surface area contributed by atoms with E-state index >= 15 is 0 Å². The van der Waals surface area contributed by atoms with E-state index in [2.05, 4.69) is 11.8 Å². The van der Waals surface area contributed by atoms with E-state index in [-0.39, 0.29) is 19.0 Å². The molecule has 0 spiro atoms. The summed E-state index contributed by atoms with van der Waals surface area (Å²) in [5.41, 5.74) is 6.42. The molecule has 1 unspecified atom stereocenters. The van der Waals surface area contributed by atoms with Gasteiger partial charge in [0.1, 0.15) is 0 Å². The normalized spacial score (nSPS) is 17.6. The number of carbonyl (C=O) groups excluding carboxylic acids is 1. The highest BCUT2D eigenvalue weighted by Crippen LogP contribution is 2.19. The highest BCUT2D eigenvalue weighted by molar-refractivity contribution is 6.32. The quantitative estimate of drug-likeness (QED) is 0.785. The van der Waals surface area contributed by atoms with Crippen LogP contribution in [0.5, 0.6) is 0 Å². The standard InChI is InChI=1S/C15H14ClN3O2/c16-14-8-12(4-3-11(14)2-1-5-17)15(20)19-6-7-21-13(9-18)10-19/h3-4,8,13H,5-7,10,17H2. The van der Waals surface area contributed by atoms with E-state index in [1.807, 2.05) is 6.07 Å². The maximum absolute atomic E-state index is 12.4. The first-order valence-electron chi connectivity index (χ1n) is 6.44. The van der Waals surface area contributed by atoms with Crippen molar-refractivity contribution in [2.24, 2.45) is 5.73 Å². The third kappa shape index (κ3) is 3.74. The molecule has 1 heterocycles. The van der Waals surface area contributed by atoms with Crippen molar-refractivity contribution in [3.63, 3.8) is 0 Å². The molecule has 6 heteroatoms. The van der Waals surface area contributed by atoms with E-state index in [0.29, 0.717) is 29.3 Å². The summed E-state index contributed by atoms with van der Waals surface area (Å²) in [7, 11) is 0. The molecule has 1 saturated heterocycles. The van der Waals surface area contributed by atoms with Crippen molar-refractivity contribution in [2.45, 2.75) is 6.10 Å². The number of carbonyl (C=O) groups is 1. The van der Waals surface area contributed by atoms with Gasteiger partial charge in [0.15, 0.2) is 6.10 Å². The minimum atomic E-state index is -0.576. The Morgan fingerprint density at radius 1 is 1.57 bits per heavy atom. The van der Waals surface area contributed by atoms with Gasteiger partial charge in [-0.2, -0.15) is 5.26 Å². The minimum absolute atomic E-state index is 0.168. The molecule has 1 aliphatic rings. The Hall–Kier alpha value is -2.05. The number of amides is 1. The van der Waals surface area contributed by atoms with Gasteiger partial charge in [-0.05, 0) is 18.2 Å². The Labute approximate surface area is 128 Å². The van der Waals surface area contributed by atoms with Crippen molar-refractivity contribution in [1.82, 2.24) is 4.90 Å². The molecule has 0 aromatic heterocycles. The Morgan fingerprint density at radius 2 is 2.38 bits per heavy atom. The second kappa shape index (κ2) is 7.10. The fourth-order valence-corrected chi connectivity index (χ4v) is 2.22. The van der Waals surface area contributed by atoms with Crippen LogP contribution < -0.4 is 5.73 Å². The molecule has 0 aliphatic carbocycles. The molecule has 2 rings (SSSR count). The molecule has 1 atom stereocenters. The number of nitrogens with zero attached hydrogens (tertiary/aromatic N) is 2. The summed E-state index contributed by atoms with van der Waals surface area (Å²) in [5, 5.41) is 9.27. The zero-order valence-electron chi connectivity index (χ0n) is 11.3. The molecule has 1 amide bonds. The molecule has 0 saturated carbocycles. The van der Waals surface area contributed by atoms with E-state index < -0.39 is 6.10 Å². The fourth-order valence-electron chi connectivity index (χ4n) is 1.99. The maximum atomic E-state index is 12.4. The van der Waals surface area contributed by atoms with Gasteiger partial charge in [0.25, 0.3) is 5.91 Å². The van der Waals surface area contributed by atoms with E-state index in [1.54, 1.807) is 23.1 Å². The van der Waals surface area contributed by atoms with Crippen LogP contribution in [0, 0.1) is 23.2 Å². The Bertz CT molecular complexity index is 643. The second-order valence-corrected chi connectivity index (χ2v) is 4.85. The monoisotopic (exact) mass is 303 g/mol. The van der Waals surface area contributed by atoms with Crippen LogP contribution in [0.4, 0.5) is 0 Å². The zero-order valence-corrected chi connectivity index (χ0v) is 12.1. The number of benzene rings is 1. The van der Waals surface area contributed by atoms with E-state index in [1.165, 1.54) is 0 Å². The van der Waals surface area contributed by atoms with Crippen molar-refractivity contribution < 1.29 is 9.53 Å². The number of nitriles is 1. The summed E-state index contributed by atoms with van der Waals surface area (Å²) in [6.07, 6.45) is -0.576. The number of hydrogen-bond donors (Lipinski definition) is 1. The van der Waals surface area contributed by atoms with E-state index in [0.717, 1.165) is 0 Å². The molecule has 5 nitrogen and oxygen atoms in total. The number of ether oxygens (including phenoxy) is 1. The topological polar surface area (TPSA) is 79.4 Å². The zero-order chi connectivity index (χ0) is 15.2. The van der Waals surface area contributed by atoms with Crippen LogP contribution in [-0.4, -0.2) is 43.2 Å². The lowest BCUT2D eigenvalue weighted by Gasteiger charge is -2.29. The van der Waals surface area contributed by atoms with Crippen molar-refractivity contribution in [3.8, 4) is 17.9 Å². The molecule has 1 aromatic carbocycles. The van der Waals surface area contributed by atoms with Gasteiger partial charge < -0.3 is 15.4 Å². The molecular weight excluding hydrogens is 290 g/mol. The predicted molar refractivity (Wildman–Crippen MR) is 78.6 cm³/mol. The molecule has 1 aliphatic heterocycles. The van der Waals surface area contributed by atoms with Gasteiger partial charge in [-0.1, -0.05) is 23.4 Å². The van der Waals surface area contributed by atoms with Gasteiger partial charge >= 0.3 is 0 Å².